The smallest absolute Gasteiger partial charge is 0.191 e. The summed E-state index contributed by atoms with van der Waals surface area (Å²) < 4.78 is 0. The zero-order chi connectivity index (χ0) is 18.7. The highest BCUT2D eigenvalue weighted by molar-refractivity contribution is 7.13. The highest BCUT2D eigenvalue weighted by atomic mass is 32.1. The van der Waals surface area contributed by atoms with Crippen LogP contribution in [-0.2, 0) is 6.54 Å². The molecule has 1 aliphatic rings. The minimum absolute atomic E-state index is 0.690. The van der Waals surface area contributed by atoms with E-state index < -0.39 is 0 Å². The first-order chi connectivity index (χ1) is 13.3. The first-order valence-electron chi connectivity index (χ1n) is 10.0. The molecular weight excluding hydrogens is 354 g/mol. The number of hydrogen-bond acceptors (Lipinski definition) is 4. The average molecular weight is 386 g/mol. The Kier molecular flexibility index (Phi) is 8.11. The molecule has 1 aromatic carbocycles. The van der Waals surface area contributed by atoms with Gasteiger partial charge in [-0.3, -0.25) is 4.99 Å². The standard InChI is InChI=1S/C21H31N5S/c1-22-21(23-12-9-15-26-13-7-2-3-8-14-26)24-16-19-17-27-20(25-19)18-10-5-4-6-11-18/h4-6,10-11,17H,2-3,7-9,12-16H2,1H3,(H2,22,23,24). The maximum atomic E-state index is 4.72. The van der Waals surface area contributed by atoms with Crippen LogP contribution in [0, 0.1) is 0 Å². The van der Waals surface area contributed by atoms with Gasteiger partial charge in [-0.1, -0.05) is 43.2 Å². The largest absolute Gasteiger partial charge is 0.356 e. The molecule has 0 amide bonds. The minimum Gasteiger partial charge on any atom is -0.356 e. The van der Waals surface area contributed by atoms with E-state index in [2.05, 4.69) is 38.0 Å². The second-order valence-corrected chi connectivity index (χ2v) is 7.83. The molecule has 2 heterocycles. The highest BCUT2D eigenvalue weighted by Gasteiger charge is 2.08. The minimum atomic E-state index is 0.690. The summed E-state index contributed by atoms with van der Waals surface area (Å²) >= 11 is 1.68. The monoisotopic (exact) mass is 385 g/mol. The van der Waals surface area contributed by atoms with Crippen molar-refractivity contribution in [1.82, 2.24) is 20.5 Å². The summed E-state index contributed by atoms with van der Waals surface area (Å²) in [6, 6.07) is 10.3. The van der Waals surface area contributed by atoms with Gasteiger partial charge in [0.25, 0.3) is 0 Å². The molecule has 0 aliphatic carbocycles. The van der Waals surface area contributed by atoms with Crippen molar-refractivity contribution in [2.75, 3.05) is 33.2 Å². The van der Waals surface area contributed by atoms with Crippen LogP contribution in [0.25, 0.3) is 10.6 Å². The van der Waals surface area contributed by atoms with E-state index in [1.54, 1.807) is 11.3 Å². The van der Waals surface area contributed by atoms with Crippen molar-refractivity contribution in [3.8, 4) is 10.6 Å². The SMILES string of the molecule is CN=C(NCCCN1CCCCCC1)NCc1csc(-c2ccccc2)n1. The van der Waals surface area contributed by atoms with Gasteiger partial charge in [0.2, 0.25) is 0 Å². The summed E-state index contributed by atoms with van der Waals surface area (Å²) in [5.74, 6) is 0.847. The fraction of sp³-hybridized carbons (Fsp3) is 0.524. The Bertz CT molecular complexity index is 690. The first kappa shape index (κ1) is 19.8. The number of guanidine groups is 1. The normalized spacial score (nSPS) is 16.1. The van der Waals surface area contributed by atoms with Crippen LogP contribution in [0.1, 0.15) is 37.8 Å². The highest BCUT2D eigenvalue weighted by Crippen LogP contribution is 2.23. The molecule has 1 saturated heterocycles. The van der Waals surface area contributed by atoms with Gasteiger partial charge in [-0.15, -0.1) is 11.3 Å². The molecule has 3 rings (SSSR count). The van der Waals surface area contributed by atoms with Crippen LogP contribution >= 0.6 is 11.3 Å². The Labute approximate surface area is 166 Å². The number of nitrogens with one attached hydrogen (secondary N) is 2. The molecule has 2 N–H and O–H groups in total. The fourth-order valence-corrected chi connectivity index (χ4v) is 4.19. The fourth-order valence-electron chi connectivity index (χ4n) is 3.37. The van der Waals surface area contributed by atoms with Gasteiger partial charge in [0.05, 0.1) is 12.2 Å². The van der Waals surface area contributed by atoms with Crippen molar-refractivity contribution < 1.29 is 0 Å². The van der Waals surface area contributed by atoms with Gasteiger partial charge in [0, 0.05) is 24.5 Å². The van der Waals surface area contributed by atoms with E-state index in [1.807, 2.05) is 25.2 Å². The zero-order valence-electron chi connectivity index (χ0n) is 16.3. The number of aliphatic imine (C=N–C) groups is 1. The van der Waals surface area contributed by atoms with E-state index >= 15 is 0 Å². The molecule has 6 heteroatoms. The third kappa shape index (κ3) is 6.63. The molecule has 1 fully saturated rings. The van der Waals surface area contributed by atoms with Gasteiger partial charge in [-0.05, 0) is 38.9 Å². The summed E-state index contributed by atoms with van der Waals surface area (Å²) in [5, 5.41) is 9.97. The summed E-state index contributed by atoms with van der Waals surface area (Å²) in [4.78, 5) is 11.6. The lowest BCUT2D eigenvalue weighted by Gasteiger charge is -2.20. The maximum Gasteiger partial charge on any atom is 0.191 e. The lowest BCUT2D eigenvalue weighted by molar-refractivity contribution is 0.282. The summed E-state index contributed by atoms with van der Waals surface area (Å²) in [7, 11) is 1.82. The molecule has 27 heavy (non-hydrogen) atoms. The Hall–Kier alpha value is -1.92. The van der Waals surface area contributed by atoms with E-state index in [9.17, 15) is 0 Å². The van der Waals surface area contributed by atoms with Crippen molar-refractivity contribution >= 4 is 17.3 Å². The van der Waals surface area contributed by atoms with E-state index in [-0.39, 0.29) is 0 Å². The summed E-state index contributed by atoms with van der Waals surface area (Å²) in [6.07, 6.45) is 6.65. The van der Waals surface area contributed by atoms with Crippen LogP contribution in [0.4, 0.5) is 0 Å². The molecular formula is C21H31N5S. The van der Waals surface area contributed by atoms with Gasteiger partial charge < -0.3 is 15.5 Å². The quantitative estimate of drug-likeness (QED) is 0.433. The number of nitrogens with zero attached hydrogens (tertiary/aromatic N) is 3. The van der Waals surface area contributed by atoms with Gasteiger partial charge in [0.1, 0.15) is 5.01 Å². The molecule has 0 saturated carbocycles. The molecule has 2 aromatic rings. The van der Waals surface area contributed by atoms with Crippen LogP contribution in [-0.4, -0.2) is 49.1 Å². The second-order valence-electron chi connectivity index (χ2n) is 6.97. The van der Waals surface area contributed by atoms with E-state index in [0.717, 1.165) is 29.6 Å². The van der Waals surface area contributed by atoms with Crippen molar-refractivity contribution in [2.45, 2.75) is 38.6 Å². The van der Waals surface area contributed by atoms with Crippen molar-refractivity contribution in [1.29, 1.82) is 0 Å². The molecule has 0 spiro atoms. The second kappa shape index (κ2) is 11.0. The number of aromatic nitrogens is 1. The van der Waals surface area contributed by atoms with Crippen molar-refractivity contribution in [2.24, 2.45) is 4.99 Å². The Morgan fingerprint density at radius 3 is 2.63 bits per heavy atom. The van der Waals surface area contributed by atoms with Gasteiger partial charge in [-0.25, -0.2) is 4.98 Å². The van der Waals surface area contributed by atoms with Crippen LogP contribution < -0.4 is 10.6 Å². The van der Waals surface area contributed by atoms with E-state index in [1.165, 1.54) is 50.9 Å². The number of hydrogen-bond donors (Lipinski definition) is 2. The Morgan fingerprint density at radius 2 is 1.89 bits per heavy atom. The van der Waals surface area contributed by atoms with Gasteiger partial charge in [-0.2, -0.15) is 0 Å². The van der Waals surface area contributed by atoms with E-state index in [0.29, 0.717) is 6.54 Å². The molecule has 5 nitrogen and oxygen atoms in total. The van der Waals surface area contributed by atoms with Gasteiger partial charge >= 0.3 is 0 Å². The lowest BCUT2D eigenvalue weighted by Crippen LogP contribution is -2.38. The predicted molar refractivity (Wildman–Crippen MR) is 115 cm³/mol. The summed E-state index contributed by atoms with van der Waals surface area (Å²) in [5.41, 5.74) is 2.22. The molecule has 146 valence electrons. The van der Waals surface area contributed by atoms with Crippen LogP contribution in [0.15, 0.2) is 40.7 Å². The third-order valence-corrected chi connectivity index (χ3v) is 5.82. The summed E-state index contributed by atoms with van der Waals surface area (Å²) in [6.45, 7) is 5.34. The number of thiazole rings is 1. The maximum absolute atomic E-state index is 4.72. The Balaban J connectivity index is 1.37. The van der Waals surface area contributed by atoms with Crippen molar-refractivity contribution in [3.63, 3.8) is 0 Å². The molecule has 1 aliphatic heterocycles. The average Bonchev–Trinajstić information content (AvgIpc) is 3.04. The molecule has 0 atom stereocenters. The molecule has 1 aromatic heterocycles. The lowest BCUT2D eigenvalue weighted by atomic mass is 10.2. The Morgan fingerprint density at radius 1 is 1.11 bits per heavy atom. The number of likely N-dealkylation sites (tertiary alicyclic amines) is 1. The molecule has 0 unspecified atom stereocenters. The molecule has 0 radical (unpaired) electrons. The predicted octanol–water partition coefficient (Wildman–Crippen LogP) is 3.74. The van der Waals surface area contributed by atoms with Crippen LogP contribution in [0.5, 0.6) is 0 Å². The van der Waals surface area contributed by atoms with Gasteiger partial charge in [0.15, 0.2) is 5.96 Å². The number of rotatable bonds is 7. The topological polar surface area (TPSA) is 52.6 Å². The molecule has 0 bridgehead atoms. The van der Waals surface area contributed by atoms with Crippen molar-refractivity contribution in [3.05, 3.63) is 41.4 Å². The van der Waals surface area contributed by atoms with Crippen LogP contribution in [0.2, 0.25) is 0 Å². The zero-order valence-corrected chi connectivity index (χ0v) is 17.1. The van der Waals surface area contributed by atoms with E-state index in [4.69, 9.17) is 4.98 Å². The third-order valence-electron chi connectivity index (χ3n) is 4.88. The first-order valence-corrected chi connectivity index (χ1v) is 10.9. The van der Waals surface area contributed by atoms with Crippen LogP contribution in [0.3, 0.4) is 0 Å². The number of benzene rings is 1.